The SMILES string of the molecule is Nc1nc2c(nc(O)n2[C@H]2C[C@H](O)[C@@H](COP(=O)(O)O)O2)c(=O)[nH]1. The number of aliphatic hydroxyl groups is 1. The summed E-state index contributed by atoms with van der Waals surface area (Å²) in [5, 5.41) is 19.9. The normalized spacial score (nSPS) is 24.7. The summed E-state index contributed by atoms with van der Waals surface area (Å²) < 4.78 is 21.5. The fraction of sp³-hybridized carbons (Fsp3) is 0.500. The summed E-state index contributed by atoms with van der Waals surface area (Å²) in [7, 11) is -4.72. The number of rotatable bonds is 4. The Bertz CT molecular complexity index is 874. The van der Waals surface area contributed by atoms with Crippen molar-refractivity contribution in [3.63, 3.8) is 0 Å². The third-order valence-electron chi connectivity index (χ3n) is 3.45. The lowest BCUT2D eigenvalue weighted by molar-refractivity contribution is -0.0442. The van der Waals surface area contributed by atoms with Crippen molar-refractivity contribution >= 4 is 24.9 Å². The van der Waals surface area contributed by atoms with Gasteiger partial charge >= 0.3 is 7.82 Å². The average Bonchev–Trinajstić information content (AvgIpc) is 2.96. The van der Waals surface area contributed by atoms with Crippen LogP contribution in [0.1, 0.15) is 12.6 Å². The molecule has 0 aromatic carbocycles. The molecular weight excluding hydrogens is 349 g/mol. The van der Waals surface area contributed by atoms with Gasteiger partial charge in [0.05, 0.1) is 12.7 Å². The predicted octanol–water partition coefficient (Wildman–Crippen LogP) is -1.83. The van der Waals surface area contributed by atoms with E-state index in [0.717, 1.165) is 4.57 Å². The lowest BCUT2D eigenvalue weighted by atomic mass is 10.2. The van der Waals surface area contributed by atoms with Gasteiger partial charge in [0.2, 0.25) is 5.95 Å². The average molecular weight is 363 g/mol. The molecule has 2 aromatic rings. The van der Waals surface area contributed by atoms with Gasteiger partial charge in [-0.1, -0.05) is 0 Å². The van der Waals surface area contributed by atoms with Gasteiger partial charge in [0.1, 0.15) is 12.3 Å². The number of aliphatic hydroxyl groups excluding tert-OH is 1. The second kappa shape index (κ2) is 5.81. The Morgan fingerprint density at radius 2 is 2.17 bits per heavy atom. The number of nitrogens with zero attached hydrogens (tertiary/aromatic N) is 3. The van der Waals surface area contributed by atoms with E-state index in [9.17, 15) is 19.6 Å². The number of fused-ring (bicyclic) bond motifs is 1. The van der Waals surface area contributed by atoms with E-state index in [1.807, 2.05) is 0 Å². The van der Waals surface area contributed by atoms with E-state index < -0.39 is 44.4 Å². The lowest BCUT2D eigenvalue weighted by Crippen LogP contribution is -2.25. The smallest absolute Gasteiger partial charge is 0.469 e. The summed E-state index contributed by atoms with van der Waals surface area (Å²) in [6.45, 7) is -0.564. The molecule has 0 spiro atoms. The molecule has 0 aliphatic carbocycles. The number of phosphoric ester groups is 1. The Morgan fingerprint density at radius 3 is 2.83 bits per heavy atom. The van der Waals surface area contributed by atoms with Crippen LogP contribution >= 0.6 is 7.82 Å². The lowest BCUT2D eigenvalue weighted by Gasteiger charge is -2.16. The van der Waals surface area contributed by atoms with Crippen molar-refractivity contribution in [1.29, 1.82) is 0 Å². The van der Waals surface area contributed by atoms with Crippen molar-refractivity contribution in [2.75, 3.05) is 12.3 Å². The maximum atomic E-state index is 11.8. The quantitative estimate of drug-likeness (QED) is 0.333. The number of nitrogen functional groups attached to an aromatic ring is 1. The van der Waals surface area contributed by atoms with Crippen LogP contribution in [0.5, 0.6) is 6.01 Å². The Labute approximate surface area is 132 Å². The predicted molar refractivity (Wildman–Crippen MR) is 76.8 cm³/mol. The molecule has 0 radical (unpaired) electrons. The molecule has 7 N–H and O–H groups in total. The first-order valence-corrected chi connectivity index (χ1v) is 8.19. The number of ether oxygens (including phenoxy) is 1. The molecule has 0 saturated carbocycles. The summed E-state index contributed by atoms with van der Waals surface area (Å²) in [6, 6.07) is -0.581. The molecule has 0 bridgehead atoms. The third kappa shape index (κ3) is 3.13. The molecule has 3 atom stereocenters. The number of phosphoric acid groups is 1. The summed E-state index contributed by atoms with van der Waals surface area (Å²) in [4.78, 5) is 38.9. The molecule has 0 unspecified atom stereocenters. The fourth-order valence-corrected chi connectivity index (χ4v) is 2.79. The first-order chi connectivity index (χ1) is 11.2. The van der Waals surface area contributed by atoms with Gasteiger partial charge in [-0.25, -0.2) is 4.57 Å². The zero-order valence-corrected chi connectivity index (χ0v) is 12.8. The van der Waals surface area contributed by atoms with Crippen LogP contribution in [0.4, 0.5) is 5.95 Å². The van der Waals surface area contributed by atoms with Gasteiger partial charge in [-0.3, -0.25) is 18.9 Å². The van der Waals surface area contributed by atoms with E-state index in [1.54, 1.807) is 0 Å². The molecule has 3 rings (SSSR count). The van der Waals surface area contributed by atoms with E-state index in [0.29, 0.717) is 0 Å². The number of hydrogen-bond donors (Lipinski definition) is 6. The minimum absolute atomic E-state index is 0.0530. The molecular formula is C10H14N5O8P. The van der Waals surface area contributed by atoms with Gasteiger partial charge in [0.15, 0.2) is 11.2 Å². The number of nitrogens with two attached hydrogens (primary N) is 1. The third-order valence-corrected chi connectivity index (χ3v) is 3.93. The van der Waals surface area contributed by atoms with Gasteiger partial charge in [-0.05, 0) is 0 Å². The molecule has 0 amide bonds. The Balaban J connectivity index is 1.90. The van der Waals surface area contributed by atoms with Crippen LogP contribution in [-0.2, 0) is 13.8 Å². The number of nitrogens with one attached hydrogen (secondary N) is 1. The van der Waals surface area contributed by atoms with Crippen molar-refractivity contribution in [2.24, 2.45) is 0 Å². The number of anilines is 1. The highest BCUT2D eigenvalue weighted by Gasteiger charge is 2.38. The number of hydrogen-bond acceptors (Lipinski definition) is 9. The molecule has 1 fully saturated rings. The maximum absolute atomic E-state index is 11.8. The molecule has 24 heavy (non-hydrogen) atoms. The van der Waals surface area contributed by atoms with Crippen molar-refractivity contribution in [3.05, 3.63) is 10.4 Å². The molecule has 132 valence electrons. The van der Waals surface area contributed by atoms with Gasteiger partial charge in [-0.2, -0.15) is 9.97 Å². The summed E-state index contributed by atoms with van der Waals surface area (Å²) in [6.07, 6.45) is -3.22. The second-order valence-corrected chi connectivity index (χ2v) is 6.36. The van der Waals surface area contributed by atoms with Crippen LogP contribution in [-0.4, -0.2) is 58.3 Å². The van der Waals surface area contributed by atoms with Crippen LogP contribution < -0.4 is 11.3 Å². The first kappa shape index (κ1) is 16.8. The van der Waals surface area contributed by atoms with E-state index in [1.165, 1.54) is 0 Å². The minimum atomic E-state index is -4.72. The number of aromatic amines is 1. The van der Waals surface area contributed by atoms with Crippen molar-refractivity contribution in [3.8, 4) is 6.01 Å². The highest BCUT2D eigenvalue weighted by molar-refractivity contribution is 7.46. The number of imidazole rings is 1. The number of H-pyrrole nitrogens is 1. The fourth-order valence-electron chi connectivity index (χ4n) is 2.45. The molecule has 13 nitrogen and oxygen atoms in total. The van der Waals surface area contributed by atoms with Crippen molar-refractivity contribution in [2.45, 2.75) is 24.9 Å². The molecule has 2 aromatic heterocycles. The summed E-state index contributed by atoms with van der Waals surface area (Å²) in [5.41, 5.74) is 4.58. The number of aromatic hydroxyl groups is 1. The Hall–Kier alpha value is -2.02. The first-order valence-electron chi connectivity index (χ1n) is 6.66. The summed E-state index contributed by atoms with van der Waals surface area (Å²) in [5.74, 6) is -0.200. The number of aromatic nitrogens is 4. The maximum Gasteiger partial charge on any atom is 0.469 e. The Kier molecular flexibility index (Phi) is 4.07. The highest BCUT2D eigenvalue weighted by Crippen LogP contribution is 2.39. The molecule has 1 aliphatic heterocycles. The summed E-state index contributed by atoms with van der Waals surface area (Å²) >= 11 is 0. The zero-order chi connectivity index (χ0) is 17.6. The topological polar surface area (TPSA) is 206 Å². The van der Waals surface area contributed by atoms with Gasteiger partial charge in [0.25, 0.3) is 11.6 Å². The van der Waals surface area contributed by atoms with Crippen LogP contribution in [0.3, 0.4) is 0 Å². The van der Waals surface area contributed by atoms with Crippen molar-refractivity contribution in [1.82, 2.24) is 19.5 Å². The molecule has 1 aliphatic rings. The monoisotopic (exact) mass is 363 g/mol. The van der Waals surface area contributed by atoms with Gasteiger partial charge in [-0.15, -0.1) is 0 Å². The highest BCUT2D eigenvalue weighted by atomic mass is 31.2. The van der Waals surface area contributed by atoms with E-state index >= 15 is 0 Å². The van der Waals surface area contributed by atoms with Crippen LogP contribution in [0, 0.1) is 0 Å². The van der Waals surface area contributed by atoms with Crippen LogP contribution in [0.2, 0.25) is 0 Å². The minimum Gasteiger partial charge on any atom is -0.480 e. The zero-order valence-electron chi connectivity index (χ0n) is 11.9. The van der Waals surface area contributed by atoms with E-state index in [4.69, 9.17) is 20.3 Å². The molecule has 1 saturated heterocycles. The van der Waals surface area contributed by atoms with Crippen LogP contribution in [0.25, 0.3) is 11.2 Å². The second-order valence-electron chi connectivity index (χ2n) is 5.12. The standard InChI is InChI=1S/C10H14N5O8P/c11-9-13-7-6(8(17)14-9)12-10(18)15(7)5-1-3(16)4(23-5)2-22-24(19,20)21/h3-5,16H,1-2H2,(H,12,18)(H2,19,20,21)(H3,11,13,14,17)/t3-,4+,5+/m0/s1. The van der Waals surface area contributed by atoms with E-state index in [2.05, 4.69) is 19.5 Å². The van der Waals surface area contributed by atoms with Crippen molar-refractivity contribution < 1.29 is 33.8 Å². The van der Waals surface area contributed by atoms with E-state index in [-0.39, 0.29) is 23.5 Å². The van der Waals surface area contributed by atoms with Gasteiger partial charge < -0.3 is 30.5 Å². The van der Waals surface area contributed by atoms with Gasteiger partial charge in [0, 0.05) is 6.42 Å². The van der Waals surface area contributed by atoms with Crippen LogP contribution in [0.15, 0.2) is 4.79 Å². The molecule has 14 heteroatoms. The molecule has 3 heterocycles. The Morgan fingerprint density at radius 1 is 1.46 bits per heavy atom. The largest absolute Gasteiger partial charge is 0.480 e.